The van der Waals surface area contributed by atoms with Crippen LogP contribution in [0.15, 0.2) is 18.2 Å². The molecule has 0 aromatic carbocycles. The molecule has 7 heteroatoms. The number of anilines is 1. The topological polar surface area (TPSA) is 91.3 Å². The quantitative estimate of drug-likeness (QED) is 0.610. The van der Waals surface area contributed by atoms with Crippen molar-refractivity contribution in [2.45, 2.75) is 0 Å². The van der Waals surface area contributed by atoms with Crippen molar-refractivity contribution < 1.29 is 13.5 Å². The molecule has 0 bridgehead atoms. The van der Waals surface area contributed by atoms with Crippen LogP contribution in [-0.4, -0.2) is 32.2 Å². The van der Waals surface area contributed by atoms with Crippen molar-refractivity contribution >= 4 is 16.0 Å². The minimum absolute atomic E-state index is 0.166. The van der Waals surface area contributed by atoms with E-state index in [0.717, 1.165) is 0 Å². The van der Waals surface area contributed by atoms with Crippen LogP contribution in [0.1, 0.15) is 5.69 Å². The van der Waals surface area contributed by atoms with Gasteiger partial charge in [-0.2, -0.15) is 8.42 Å². The molecule has 0 aliphatic carbocycles. The third-order valence-electron chi connectivity index (χ3n) is 1.55. The number of nitrogens with zero attached hydrogens (tertiary/aromatic N) is 1. The lowest BCUT2D eigenvalue weighted by molar-refractivity contribution is 0.350. The molecular formula is C9H11N3O3S. The third-order valence-corrected chi connectivity index (χ3v) is 2.57. The summed E-state index contributed by atoms with van der Waals surface area (Å²) in [5.41, 5.74) is 0.380. The fourth-order valence-corrected chi connectivity index (χ4v) is 1.37. The zero-order valence-electron chi connectivity index (χ0n) is 8.56. The SMILES string of the molecule is CNS(=O)(=O)Nc1cccc(C#CCO)n1. The Morgan fingerprint density at radius 2 is 2.25 bits per heavy atom. The summed E-state index contributed by atoms with van der Waals surface area (Å²) in [4.78, 5) is 3.93. The Morgan fingerprint density at radius 3 is 2.88 bits per heavy atom. The Balaban J connectivity index is 2.91. The number of aromatic nitrogens is 1. The first-order chi connectivity index (χ1) is 7.57. The second kappa shape index (κ2) is 5.46. The lowest BCUT2D eigenvalue weighted by atomic mass is 10.3. The van der Waals surface area contributed by atoms with Crippen LogP contribution in [0.4, 0.5) is 5.82 Å². The molecule has 0 atom stereocenters. The maximum Gasteiger partial charge on any atom is 0.300 e. The van der Waals surface area contributed by atoms with Crippen molar-refractivity contribution in [3.63, 3.8) is 0 Å². The van der Waals surface area contributed by atoms with Crippen LogP contribution in [0, 0.1) is 11.8 Å². The van der Waals surface area contributed by atoms with Crippen molar-refractivity contribution in [3.8, 4) is 11.8 Å². The zero-order valence-corrected chi connectivity index (χ0v) is 9.37. The molecule has 0 fully saturated rings. The molecule has 86 valence electrons. The molecule has 0 amide bonds. The van der Waals surface area contributed by atoms with Crippen molar-refractivity contribution in [3.05, 3.63) is 23.9 Å². The van der Waals surface area contributed by atoms with Gasteiger partial charge in [0.05, 0.1) is 0 Å². The van der Waals surface area contributed by atoms with Gasteiger partial charge in [-0.05, 0) is 18.1 Å². The van der Waals surface area contributed by atoms with Crippen LogP contribution in [0.2, 0.25) is 0 Å². The predicted octanol–water partition coefficient (Wildman–Crippen LogP) is -0.699. The average molecular weight is 241 g/mol. The monoisotopic (exact) mass is 241 g/mol. The third kappa shape index (κ3) is 3.86. The van der Waals surface area contributed by atoms with Gasteiger partial charge in [-0.15, -0.1) is 0 Å². The van der Waals surface area contributed by atoms with E-state index >= 15 is 0 Å². The number of hydrogen-bond acceptors (Lipinski definition) is 4. The first-order valence-corrected chi connectivity index (χ1v) is 5.84. The zero-order chi connectivity index (χ0) is 12.0. The van der Waals surface area contributed by atoms with Gasteiger partial charge in [0.2, 0.25) is 0 Å². The van der Waals surface area contributed by atoms with E-state index in [1.165, 1.54) is 13.1 Å². The molecule has 3 N–H and O–H groups in total. The molecule has 0 aliphatic heterocycles. The van der Waals surface area contributed by atoms with Crippen LogP contribution >= 0.6 is 0 Å². The minimum atomic E-state index is -3.57. The highest BCUT2D eigenvalue weighted by Crippen LogP contribution is 2.05. The number of pyridine rings is 1. The summed E-state index contributed by atoms with van der Waals surface area (Å²) in [5, 5.41) is 8.50. The fourth-order valence-electron chi connectivity index (χ4n) is 0.880. The highest BCUT2D eigenvalue weighted by atomic mass is 32.2. The van der Waals surface area contributed by atoms with E-state index in [-0.39, 0.29) is 12.4 Å². The van der Waals surface area contributed by atoms with Gasteiger partial charge in [0, 0.05) is 7.05 Å². The summed E-state index contributed by atoms with van der Waals surface area (Å²) in [6, 6.07) is 4.72. The maximum atomic E-state index is 11.2. The lowest BCUT2D eigenvalue weighted by Gasteiger charge is -2.04. The van der Waals surface area contributed by atoms with Gasteiger partial charge in [0.15, 0.2) is 0 Å². The van der Waals surface area contributed by atoms with Crippen molar-refractivity contribution in [1.29, 1.82) is 0 Å². The van der Waals surface area contributed by atoms with Crippen LogP contribution in [0.25, 0.3) is 0 Å². The molecule has 6 nitrogen and oxygen atoms in total. The van der Waals surface area contributed by atoms with Crippen LogP contribution in [0.3, 0.4) is 0 Å². The highest BCUT2D eigenvalue weighted by molar-refractivity contribution is 7.90. The van der Waals surface area contributed by atoms with E-state index in [9.17, 15) is 8.42 Å². The van der Waals surface area contributed by atoms with Gasteiger partial charge in [0.25, 0.3) is 10.2 Å². The van der Waals surface area contributed by atoms with Gasteiger partial charge in [-0.3, -0.25) is 4.72 Å². The second-order valence-electron chi connectivity index (χ2n) is 2.68. The van der Waals surface area contributed by atoms with Gasteiger partial charge in [-0.1, -0.05) is 12.0 Å². The Hall–Kier alpha value is -1.62. The summed E-state index contributed by atoms with van der Waals surface area (Å²) in [7, 11) is -2.28. The average Bonchev–Trinajstić information content (AvgIpc) is 2.26. The van der Waals surface area contributed by atoms with E-state index in [2.05, 4.69) is 26.3 Å². The van der Waals surface area contributed by atoms with E-state index < -0.39 is 10.2 Å². The highest BCUT2D eigenvalue weighted by Gasteiger charge is 2.06. The van der Waals surface area contributed by atoms with Crippen LogP contribution in [-0.2, 0) is 10.2 Å². The number of aliphatic hydroxyl groups excluding tert-OH is 1. The molecule has 0 radical (unpaired) electrons. The molecular weight excluding hydrogens is 230 g/mol. The molecule has 0 unspecified atom stereocenters. The minimum Gasteiger partial charge on any atom is -0.384 e. The van der Waals surface area contributed by atoms with Crippen LogP contribution in [0.5, 0.6) is 0 Å². The normalized spacial score (nSPS) is 10.4. The van der Waals surface area contributed by atoms with Crippen molar-refractivity contribution in [2.24, 2.45) is 0 Å². The Bertz CT molecular complexity index is 516. The Labute approximate surface area is 93.9 Å². The van der Waals surface area contributed by atoms with Crippen LogP contribution < -0.4 is 9.44 Å². The lowest BCUT2D eigenvalue weighted by Crippen LogP contribution is -2.26. The number of rotatable bonds is 3. The van der Waals surface area contributed by atoms with Crippen molar-refractivity contribution in [1.82, 2.24) is 9.71 Å². The molecule has 0 aliphatic rings. The summed E-state index contributed by atoms with van der Waals surface area (Å²) in [6.45, 7) is -0.270. The van der Waals surface area contributed by atoms with E-state index in [1.807, 2.05) is 0 Å². The van der Waals surface area contributed by atoms with Gasteiger partial charge in [-0.25, -0.2) is 9.71 Å². The molecule has 1 rings (SSSR count). The molecule has 1 heterocycles. The molecule has 0 spiro atoms. The molecule has 1 aromatic rings. The number of hydrogen-bond donors (Lipinski definition) is 3. The summed E-state index contributed by atoms with van der Waals surface area (Å²) < 4.78 is 26.6. The predicted molar refractivity (Wildman–Crippen MR) is 59.8 cm³/mol. The largest absolute Gasteiger partial charge is 0.384 e. The van der Waals surface area contributed by atoms with Gasteiger partial charge < -0.3 is 5.11 Å². The van der Waals surface area contributed by atoms with Gasteiger partial charge in [0.1, 0.15) is 18.1 Å². The summed E-state index contributed by atoms with van der Waals surface area (Å²) in [5.74, 6) is 5.16. The van der Waals surface area contributed by atoms with E-state index in [1.54, 1.807) is 12.1 Å². The Kier molecular flexibility index (Phi) is 4.25. The summed E-state index contributed by atoms with van der Waals surface area (Å²) in [6.07, 6.45) is 0. The maximum absolute atomic E-state index is 11.2. The first kappa shape index (κ1) is 12.4. The van der Waals surface area contributed by atoms with Gasteiger partial charge >= 0.3 is 0 Å². The van der Waals surface area contributed by atoms with E-state index in [4.69, 9.17) is 5.11 Å². The molecule has 0 saturated carbocycles. The Morgan fingerprint density at radius 1 is 1.50 bits per heavy atom. The smallest absolute Gasteiger partial charge is 0.300 e. The molecule has 1 aromatic heterocycles. The number of aliphatic hydroxyl groups is 1. The fraction of sp³-hybridized carbons (Fsp3) is 0.222. The standard InChI is InChI=1S/C9H11N3O3S/c1-10-16(14,15)12-9-6-2-4-8(11-9)5-3-7-13/h2,4,6,10,13H,7H2,1H3,(H,11,12). The van der Waals surface area contributed by atoms with E-state index in [0.29, 0.717) is 5.69 Å². The molecule has 0 saturated heterocycles. The summed E-state index contributed by atoms with van der Waals surface area (Å²) >= 11 is 0. The van der Waals surface area contributed by atoms with Crippen molar-refractivity contribution in [2.75, 3.05) is 18.4 Å². The molecule has 16 heavy (non-hydrogen) atoms. The first-order valence-electron chi connectivity index (χ1n) is 4.35. The second-order valence-corrected chi connectivity index (χ2v) is 4.30. The number of nitrogens with one attached hydrogen (secondary N) is 2.